The van der Waals surface area contributed by atoms with E-state index >= 15 is 0 Å². The molecule has 3 rings (SSSR count). The Hall–Kier alpha value is -3.02. The monoisotopic (exact) mass is 420 g/mol. The first-order chi connectivity index (χ1) is 14.2. The highest BCUT2D eigenvalue weighted by Gasteiger charge is 2.34. The molecule has 1 aromatic carbocycles. The molecule has 2 aromatic rings. The number of hydrogen-bond donors (Lipinski definition) is 1. The second-order valence-corrected chi connectivity index (χ2v) is 7.68. The number of rotatable bonds is 5. The molecule has 0 saturated heterocycles. The SMILES string of the molecule is CC(C)n1cc(C(=O)NC2CCC(Oc3ccc(C#N)c(C(F)(F)F)c3)CC2)cn1. The highest BCUT2D eigenvalue weighted by molar-refractivity contribution is 5.93. The van der Waals surface area contributed by atoms with E-state index in [9.17, 15) is 18.0 Å². The number of benzene rings is 1. The lowest BCUT2D eigenvalue weighted by Gasteiger charge is -2.29. The van der Waals surface area contributed by atoms with Gasteiger partial charge in [0.15, 0.2) is 0 Å². The van der Waals surface area contributed by atoms with Gasteiger partial charge < -0.3 is 10.1 Å². The van der Waals surface area contributed by atoms with Crippen LogP contribution in [0.3, 0.4) is 0 Å². The zero-order valence-electron chi connectivity index (χ0n) is 16.7. The van der Waals surface area contributed by atoms with Gasteiger partial charge in [-0.2, -0.15) is 23.5 Å². The summed E-state index contributed by atoms with van der Waals surface area (Å²) in [6.45, 7) is 3.95. The van der Waals surface area contributed by atoms with E-state index in [2.05, 4.69) is 10.4 Å². The molecule has 0 atom stereocenters. The van der Waals surface area contributed by atoms with Crippen molar-refractivity contribution in [2.24, 2.45) is 0 Å². The number of alkyl halides is 3. The Balaban J connectivity index is 1.54. The molecule has 30 heavy (non-hydrogen) atoms. The molecule has 1 amide bonds. The minimum absolute atomic E-state index is 0.0218. The number of nitrogens with one attached hydrogen (secondary N) is 1. The maximum atomic E-state index is 13.1. The van der Waals surface area contributed by atoms with Crippen molar-refractivity contribution in [1.29, 1.82) is 5.26 Å². The summed E-state index contributed by atoms with van der Waals surface area (Å²) < 4.78 is 46.7. The molecule has 160 valence electrons. The van der Waals surface area contributed by atoms with Crippen molar-refractivity contribution in [3.63, 3.8) is 0 Å². The lowest BCUT2D eigenvalue weighted by Crippen LogP contribution is -2.39. The molecule has 9 heteroatoms. The van der Waals surface area contributed by atoms with Gasteiger partial charge in [0.1, 0.15) is 5.75 Å². The largest absolute Gasteiger partial charge is 0.490 e. The molecule has 0 spiro atoms. The normalized spacial score (nSPS) is 19.4. The number of carbonyl (C=O) groups excluding carboxylic acids is 1. The highest BCUT2D eigenvalue weighted by Crippen LogP contribution is 2.35. The van der Waals surface area contributed by atoms with Crippen LogP contribution in [0.4, 0.5) is 13.2 Å². The van der Waals surface area contributed by atoms with E-state index < -0.39 is 17.3 Å². The van der Waals surface area contributed by atoms with Crippen LogP contribution >= 0.6 is 0 Å². The van der Waals surface area contributed by atoms with Gasteiger partial charge in [-0.15, -0.1) is 0 Å². The average molecular weight is 420 g/mol. The lowest BCUT2D eigenvalue weighted by molar-refractivity contribution is -0.137. The number of ether oxygens (including phenoxy) is 1. The van der Waals surface area contributed by atoms with Crippen LogP contribution in [0.5, 0.6) is 5.75 Å². The summed E-state index contributed by atoms with van der Waals surface area (Å²) in [4.78, 5) is 12.4. The Bertz CT molecular complexity index is 938. The van der Waals surface area contributed by atoms with E-state index in [1.807, 2.05) is 13.8 Å². The third-order valence-electron chi connectivity index (χ3n) is 5.12. The van der Waals surface area contributed by atoms with Gasteiger partial charge in [-0.1, -0.05) is 0 Å². The minimum Gasteiger partial charge on any atom is -0.490 e. The van der Waals surface area contributed by atoms with E-state index in [-0.39, 0.29) is 29.8 Å². The van der Waals surface area contributed by atoms with Gasteiger partial charge >= 0.3 is 6.18 Å². The Morgan fingerprint density at radius 2 is 2.00 bits per heavy atom. The molecular formula is C21H23F3N4O2. The number of nitriles is 1. The fourth-order valence-electron chi connectivity index (χ4n) is 3.45. The molecule has 1 aliphatic rings. The molecule has 1 heterocycles. The molecule has 0 unspecified atom stereocenters. The number of carbonyl (C=O) groups is 1. The lowest BCUT2D eigenvalue weighted by atomic mass is 9.92. The summed E-state index contributed by atoms with van der Waals surface area (Å²) in [5, 5.41) is 16.0. The summed E-state index contributed by atoms with van der Waals surface area (Å²) in [6, 6.07) is 5.08. The third-order valence-corrected chi connectivity index (χ3v) is 5.12. The van der Waals surface area contributed by atoms with Gasteiger partial charge in [0.2, 0.25) is 0 Å². The summed E-state index contributed by atoms with van der Waals surface area (Å²) in [5.74, 6) is -0.0944. The maximum Gasteiger partial charge on any atom is 0.417 e. The van der Waals surface area contributed by atoms with Gasteiger partial charge in [0.25, 0.3) is 5.91 Å². The highest BCUT2D eigenvalue weighted by atomic mass is 19.4. The summed E-state index contributed by atoms with van der Waals surface area (Å²) in [6.07, 6.45) is 0.931. The molecule has 6 nitrogen and oxygen atoms in total. The van der Waals surface area contributed by atoms with E-state index in [1.165, 1.54) is 12.3 Å². The standard InChI is InChI=1S/C21H23F3N4O2/c1-13(2)28-12-15(11-26-28)20(29)27-16-4-7-17(8-5-16)30-18-6-3-14(10-25)19(9-18)21(22,23)24/h3,6,9,11-13,16-17H,4-5,7-8H2,1-2H3,(H,27,29). The predicted octanol–water partition coefficient (Wildman–Crippen LogP) is 4.47. The minimum atomic E-state index is -4.62. The van der Waals surface area contributed by atoms with Crippen LogP contribution in [-0.2, 0) is 6.18 Å². The van der Waals surface area contributed by atoms with E-state index in [4.69, 9.17) is 10.00 Å². The number of nitrogens with zero attached hydrogens (tertiary/aromatic N) is 3. The van der Waals surface area contributed by atoms with Crippen molar-refractivity contribution >= 4 is 5.91 Å². The van der Waals surface area contributed by atoms with Crippen LogP contribution in [0.25, 0.3) is 0 Å². The third kappa shape index (κ3) is 5.12. The Kier molecular flexibility index (Phi) is 6.34. The fraction of sp³-hybridized carbons (Fsp3) is 0.476. The zero-order chi connectivity index (χ0) is 21.9. The quantitative estimate of drug-likeness (QED) is 0.774. The Labute approximate surface area is 172 Å². The fourth-order valence-corrected chi connectivity index (χ4v) is 3.45. The van der Waals surface area contributed by atoms with Crippen molar-refractivity contribution < 1.29 is 22.7 Å². The van der Waals surface area contributed by atoms with Crippen molar-refractivity contribution in [2.75, 3.05) is 0 Å². The van der Waals surface area contributed by atoms with Crippen LogP contribution in [0.2, 0.25) is 0 Å². The molecule has 1 fully saturated rings. The topological polar surface area (TPSA) is 79.9 Å². The predicted molar refractivity (Wildman–Crippen MR) is 103 cm³/mol. The van der Waals surface area contributed by atoms with E-state index in [1.54, 1.807) is 16.9 Å². The van der Waals surface area contributed by atoms with Crippen molar-refractivity contribution in [3.05, 3.63) is 47.3 Å². The van der Waals surface area contributed by atoms with E-state index in [0.29, 0.717) is 31.2 Å². The maximum absolute atomic E-state index is 13.1. The van der Waals surface area contributed by atoms with Crippen LogP contribution < -0.4 is 10.1 Å². The summed E-state index contributed by atoms with van der Waals surface area (Å²) in [7, 11) is 0. The Morgan fingerprint density at radius 3 is 2.57 bits per heavy atom. The Morgan fingerprint density at radius 1 is 1.30 bits per heavy atom. The molecule has 1 aliphatic carbocycles. The molecule has 0 bridgehead atoms. The van der Waals surface area contributed by atoms with Crippen molar-refractivity contribution in [1.82, 2.24) is 15.1 Å². The number of halogens is 3. The molecule has 1 aromatic heterocycles. The summed E-state index contributed by atoms with van der Waals surface area (Å²) >= 11 is 0. The number of aromatic nitrogens is 2. The van der Waals surface area contributed by atoms with E-state index in [0.717, 1.165) is 12.1 Å². The molecule has 1 N–H and O–H groups in total. The first-order valence-electron chi connectivity index (χ1n) is 9.80. The van der Waals surface area contributed by atoms with Gasteiger partial charge in [-0.05, 0) is 57.7 Å². The average Bonchev–Trinajstić information content (AvgIpc) is 3.19. The van der Waals surface area contributed by atoms with Crippen LogP contribution in [0, 0.1) is 11.3 Å². The van der Waals surface area contributed by atoms with Crippen LogP contribution in [-0.4, -0.2) is 27.8 Å². The second kappa shape index (κ2) is 8.78. The zero-order valence-corrected chi connectivity index (χ0v) is 16.7. The molecule has 0 radical (unpaired) electrons. The number of hydrogen-bond acceptors (Lipinski definition) is 4. The molecule has 1 saturated carbocycles. The number of amides is 1. The smallest absolute Gasteiger partial charge is 0.417 e. The van der Waals surface area contributed by atoms with Crippen molar-refractivity contribution in [2.45, 2.75) is 63.9 Å². The van der Waals surface area contributed by atoms with Crippen molar-refractivity contribution in [3.8, 4) is 11.8 Å². The first-order valence-corrected chi connectivity index (χ1v) is 9.80. The molecule has 0 aliphatic heterocycles. The first kappa shape index (κ1) is 21.7. The molecular weight excluding hydrogens is 397 g/mol. The van der Waals surface area contributed by atoms with Crippen LogP contribution in [0.1, 0.15) is 67.1 Å². The van der Waals surface area contributed by atoms with Gasteiger partial charge in [-0.3, -0.25) is 9.48 Å². The van der Waals surface area contributed by atoms with Gasteiger partial charge in [-0.25, -0.2) is 0 Å². The summed E-state index contributed by atoms with van der Waals surface area (Å²) in [5.41, 5.74) is -0.924. The van der Waals surface area contributed by atoms with Crippen LogP contribution in [0.15, 0.2) is 30.6 Å². The van der Waals surface area contributed by atoms with Gasteiger partial charge in [0.05, 0.1) is 35.1 Å². The second-order valence-electron chi connectivity index (χ2n) is 7.68. The van der Waals surface area contributed by atoms with Gasteiger partial charge in [0, 0.05) is 18.3 Å².